The van der Waals surface area contributed by atoms with E-state index < -0.39 is 0 Å². The molecule has 9 heteroatoms. The van der Waals surface area contributed by atoms with Gasteiger partial charge in [0.05, 0.1) is 13.5 Å². The number of nitrogens with zero attached hydrogens (tertiary/aromatic N) is 2. The molecule has 1 aromatic heterocycles. The Morgan fingerprint density at radius 1 is 1.22 bits per heavy atom. The number of aryl methyl sites for hydroxylation is 2. The van der Waals surface area contributed by atoms with Crippen LogP contribution in [0.1, 0.15) is 42.5 Å². The third kappa shape index (κ3) is 7.37. The summed E-state index contributed by atoms with van der Waals surface area (Å²) in [6, 6.07) is 9.42. The summed E-state index contributed by atoms with van der Waals surface area (Å²) in [6.07, 6.45) is 5.53. The summed E-state index contributed by atoms with van der Waals surface area (Å²) >= 11 is 11.1. The summed E-state index contributed by atoms with van der Waals surface area (Å²) in [5.74, 6) is 0.980. The number of benzene rings is 1. The average molecular weight is 548 g/mol. The van der Waals surface area contributed by atoms with Gasteiger partial charge in [-0.1, -0.05) is 35.3 Å². The van der Waals surface area contributed by atoms with Gasteiger partial charge in [0.15, 0.2) is 0 Å². The third-order valence-corrected chi connectivity index (χ3v) is 7.97. The number of esters is 1. The first kappa shape index (κ1) is 27.7. The van der Waals surface area contributed by atoms with Gasteiger partial charge in [0.1, 0.15) is 5.82 Å². The van der Waals surface area contributed by atoms with E-state index in [0.717, 1.165) is 63.4 Å². The summed E-state index contributed by atoms with van der Waals surface area (Å²) in [5, 5.41) is 7.62. The molecule has 37 heavy (non-hydrogen) atoms. The van der Waals surface area contributed by atoms with Crippen LogP contribution in [0.5, 0.6) is 0 Å². The van der Waals surface area contributed by atoms with Gasteiger partial charge >= 0.3 is 5.97 Å². The molecule has 2 aromatic rings. The molecule has 1 amide bonds. The van der Waals surface area contributed by atoms with Crippen molar-refractivity contribution < 1.29 is 14.3 Å². The monoisotopic (exact) mass is 546 g/mol. The van der Waals surface area contributed by atoms with Crippen LogP contribution in [0.2, 0.25) is 10.0 Å². The molecule has 0 unspecified atom stereocenters. The summed E-state index contributed by atoms with van der Waals surface area (Å²) in [4.78, 5) is 30.6. The van der Waals surface area contributed by atoms with Gasteiger partial charge in [0.2, 0.25) is 5.91 Å². The lowest BCUT2D eigenvalue weighted by atomic mass is 9.57. The zero-order valence-electron chi connectivity index (χ0n) is 21.6. The SMILES string of the molecule is COC(=O)CCNC(=O)C1CC2(C1)CN(CCc1cc3c(nc1C)NCCC3)C2.Clc1cccc(Cl)c1. The van der Waals surface area contributed by atoms with Crippen molar-refractivity contribution in [2.75, 3.05) is 45.2 Å². The number of carbonyl (C=O) groups excluding carboxylic acids is 2. The maximum atomic E-state index is 12.2. The number of methoxy groups -OCH3 is 1. The fraction of sp³-hybridized carbons (Fsp3) is 0.536. The topological polar surface area (TPSA) is 83.6 Å². The van der Waals surface area contributed by atoms with Crippen LogP contribution in [0.3, 0.4) is 0 Å². The molecule has 2 aliphatic heterocycles. The number of anilines is 1. The molecule has 1 aromatic carbocycles. The van der Waals surface area contributed by atoms with Crippen LogP contribution < -0.4 is 10.6 Å². The van der Waals surface area contributed by atoms with Crippen LogP contribution >= 0.6 is 23.2 Å². The van der Waals surface area contributed by atoms with Crippen molar-refractivity contribution in [3.8, 4) is 0 Å². The number of aromatic nitrogens is 1. The minimum Gasteiger partial charge on any atom is -0.469 e. The normalized spacial score (nSPS) is 17.8. The number of halogens is 2. The summed E-state index contributed by atoms with van der Waals surface area (Å²) < 4.78 is 4.59. The number of nitrogens with one attached hydrogen (secondary N) is 2. The van der Waals surface area contributed by atoms with Crippen LogP contribution in [-0.2, 0) is 27.2 Å². The van der Waals surface area contributed by atoms with Crippen molar-refractivity contribution in [1.29, 1.82) is 0 Å². The Morgan fingerprint density at radius 2 is 1.95 bits per heavy atom. The van der Waals surface area contributed by atoms with Gasteiger partial charge in [-0.2, -0.15) is 0 Å². The molecule has 0 radical (unpaired) electrons. The summed E-state index contributed by atoms with van der Waals surface area (Å²) in [5.41, 5.74) is 4.21. The minimum atomic E-state index is -0.286. The van der Waals surface area contributed by atoms with Gasteiger partial charge in [0, 0.05) is 54.4 Å². The molecule has 2 fully saturated rings. The van der Waals surface area contributed by atoms with Crippen molar-refractivity contribution >= 4 is 40.9 Å². The van der Waals surface area contributed by atoms with E-state index in [1.165, 1.54) is 24.7 Å². The molecule has 0 atom stereocenters. The lowest BCUT2D eigenvalue weighted by Crippen LogP contribution is -2.64. The highest BCUT2D eigenvalue weighted by Crippen LogP contribution is 2.51. The lowest BCUT2D eigenvalue weighted by Gasteiger charge is -2.59. The van der Waals surface area contributed by atoms with Gasteiger partial charge in [-0.3, -0.25) is 9.59 Å². The van der Waals surface area contributed by atoms with E-state index in [9.17, 15) is 9.59 Å². The number of hydrogen-bond acceptors (Lipinski definition) is 6. The molecule has 5 rings (SSSR count). The fourth-order valence-electron chi connectivity index (χ4n) is 5.54. The molecule has 1 spiro atoms. The first-order valence-corrected chi connectivity index (χ1v) is 13.7. The van der Waals surface area contributed by atoms with E-state index in [2.05, 4.69) is 33.3 Å². The predicted octanol–water partition coefficient (Wildman–Crippen LogP) is 4.68. The van der Waals surface area contributed by atoms with Crippen molar-refractivity contribution in [1.82, 2.24) is 15.2 Å². The lowest BCUT2D eigenvalue weighted by molar-refractivity contribution is -0.144. The average Bonchev–Trinajstić information content (AvgIpc) is 2.82. The second kappa shape index (κ2) is 12.5. The van der Waals surface area contributed by atoms with E-state index in [4.69, 9.17) is 28.2 Å². The Hall–Kier alpha value is -2.35. The van der Waals surface area contributed by atoms with Gasteiger partial charge in [-0.25, -0.2) is 4.98 Å². The van der Waals surface area contributed by atoms with Crippen LogP contribution in [0, 0.1) is 18.3 Å². The molecular weight excluding hydrogens is 511 g/mol. The molecule has 1 aliphatic carbocycles. The van der Waals surface area contributed by atoms with Crippen LogP contribution in [0.4, 0.5) is 5.82 Å². The summed E-state index contributed by atoms with van der Waals surface area (Å²) in [7, 11) is 1.36. The van der Waals surface area contributed by atoms with Crippen LogP contribution in [0.15, 0.2) is 30.3 Å². The van der Waals surface area contributed by atoms with Crippen molar-refractivity contribution in [3.63, 3.8) is 0 Å². The first-order chi connectivity index (χ1) is 17.8. The molecule has 2 N–H and O–H groups in total. The Bertz CT molecular complexity index is 1100. The van der Waals surface area contributed by atoms with Gasteiger partial charge in [-0.15, -0.1) is 0 Å². The highest BCUT2D eigenvalue weighted by atomic mass is 35.5. The number of ether oxygens (including phenoxy) is 1. The van der Waals surface area contributed by atoms with E-state index in [0.29, 0.717) is 22.0 Å². The van der Waals surface area contributed by atoms with E-state index >= 15 is 0 Å². The summed E-state index contributed by atoms with van der Waals surface area (Å²) in [6.45, 7) is 6.75. The molecule has 200 valence electrons. The Morgan fingerprint density at radius 3 is 2.59 bits per heavy atom. The number of rotatable bonds is 7. The minimum absolute atomic E-state index is 0.0855. The molecule has 3 aliphatic rings. The molecule has 7 nitrogen and oxygen atoms in total. The van der Waals surface area contributed by atoms with Crippen molar-refractivity contribution in [2.24, 2.45) is 11.3 Å². The van der Waals surface area contributed by atoms with Crippen molar-refractivity contribution in [3.05, 3.63) is 57.2 Å². The Labute approximate surface area is 229 Å². The maximum Gasteiger partial charge on any atom is 0.307 e. The molecule has 3 heterocycles. The fourth-order valence-corrected chi connectivity index (χ4v) is 5.98. The number of likely N-dealkylation sites (tertiary alicyclic amines) is 1. The van der Waals surface area contributed by atoms with E-state index in [1.54, 1.807) is 18.2 Å². The standard InChI is InChI=1S/C22H32N4O3.C6H4Cl2/c1-15-16(10-17-4-3-7-23-20(17)25-15)6-9-26-13-22(14-26)11-18(12-22)21(28)24-8-5-19(27)29-2;7-5-2-1-3-6(8)4-5/h10,18H,3-9,11-14H2,1-2H3,(H,23,25)(H,24,28);1-4H. The number of pyridine rings is 1. The van der Waals surface area contributed by atoms with Crippen molar-refractivity contribution in [2.45, 2.75) is 45.4 Å². The van der Waals surface area contributed by atoms with Gasteiger partial charge in [0.25, 0.3) is 0 Å². The maximum absolute atomic E-state index is 12.2. The third-order valence-electron chi connectivity index (χ3n) is 7.50. The smallest absolute Gasteiger partial charge is 0.307 e. The second-order valence-electron chi connectivity index (χ2n) is 10.4. The number of amides is 1. The number of hydrogen-bond donors (Lipinski definition) is 2. The largest absolute Gasteiger partial charge is 0.469 e. The second-order valence-corrected chi connectivity index (χ2v) is 11.3. The van der Waals surface area contributed by atoms with E-state index in [1.807, 2.05) is 6.07 Å². The zero-order chi connectivity index (χ0) is 26.4. The first-order valence-electron chi connectivity index (χ1n) is 13.0. The zero-order valence-corrected chi connectivity index (χ0v) is 23.1. The molecular formula is C28H36Cl2N4O3. The molecule has 0 bridgehead atoms. The number of fused-ring (bicyclic) bond motifs is 1. The molecule has 1 saturated heterocycles. The quantitative estimate of drug-likeness (QED) is 0.490. The van der Waals surface area contributed by atoms with Gasteiger partial charge < -0.3 is 20.3 Å². The Kier molecular flexibility index (Phi) is 9.32. The van der Waals surface area contributed by atoms with Crippen LogP contribution in [-0.4, -0.2) is 61.6 Å². The van der Waals surface area contributed by atoms with Crippen LogP contribution in [0.25, 0.3) is 0 Å². The Balaban J connectivity index is 0.000000342. The highest BCUT2D eigenvalue weighted by molar-refractivity contribution is 6.34. The predicted molar refractivity (Wildman–Crippen MR) is 147 cm³/mol. The van der Waals surface area contributed by atoms with E-state index in [-0.39, 0.29) is 24.2 Å². The van der Waals surface area contributed by atoms with Gasteiger partial charge in [-0.05, 0) is 73.8 Å². The number of carbonyl (C=O) groups is 2. The highest BCUT2D eigenvalue weighted by Gasteiger charge is 2.53. The molecule has 1 saturated carbocycles.